The summed E-state index contributed by atoms with van der Waals surface area (Å²) in [7, 11) is 1.57. The lowest BCUT2D eigenvalue weighted by molar-refractivity contribution is 0.00821. The SMILES string of the molecule is COc1ccc(C(=O)Oc2ccc3c(c2)C(C)c2cc(OC(=O)c4ccc(OCOCC5CO5)cc4)ccc2-3)cc1. The van der Waals surface area contributed by atoms with Gasteiger partial charge in [-0.25, -0.2) is 9.59 Å². The van der Waals surface area contributed by atoms with Crippen LogP contribution in [-0.2, 0) is 9.47 Å². The van der Waals surface area contributed by atoms with E-state index >= 15 is 0 Å². The third-order valence-electron chi connectivity index (χ3n) is 7.12. The van der Waals surface area contributed by atoms with Crippen molar-refractivity contribution < 1.29 is 38.0 Å². The van der Waals surface area contributed by atoms with Crippen molar-refractivity contribution in [2.45, 2.75) is 18.9 Å². The van der Waals surface area contributed by atoms with Gasteiger partial charge in [0.1, 0.15) is 29.1 Å². The van der Waals surface area contributed by atoms with E-state index in [9.17, 15) is 9.59 Å². The largest absolute Gasteiger partial charge is 0.497 e. The third-order valence-corrected chi connectivity index (χ3v) is 7.12. The Balaban J connectivity index is 1.09. The first kappa shape index (κ1) is 26.6. The highest BCUT2D eigenvalue weighted by Crippen LogP contribution is 2.47. The van der Waals surface area contributed by atoms with Gasteiger partial charge in [-0.2, -0.15) is 0 Å². The van der Waals surface area contributed by atoms with Crippen molar-refractivity contribution in [3.63, 3.8) is 0 Å². The molecular weight excluding hydrogens is 524 g/mol. The van der Waals surface area contributed by atoms with Crippen molar-refractivity contribution in [2.75, 3.05) is 27.1 Å². The Bertz CT molecular complexity index is 1570. The number of hydrogen-bond donors (Lipinski definition) is 0. The summed E-state index contributed by atoms with van der Waals surface area (Å²) in [4.78, 5) is 25.5. The molecular formula is C33H28O8. The average molecular weight is 553 g/mol. The van der Waals surface area contributed by atoms with Gasteiger partial charge >= 0.3 is 11.9 Å². The third kappa shape index (κ3) is 5.94. The number of hydrogen-bond acceptors (Lipinski definition) is 8. The fraction of sp³-hybridized carbons (Fsp3) is 0.212. The number of benzene rings is 4. The van der Waals surface area contributed by atoms with Crippen LogP contribution in [-0.4, -0.2) is 45.2 Å². The van der Waals surface area contributed by atoms with E-state index in [1.54, 1.807) is 67.8 Å². The van der Waals surface area contributed by atoms with Gasteiger partial charge in [-0.3, -0.25) is 0 Å². The fourth-order valence-electron chi connectivity index (χ4n) is 4.78. The molecule has 0 saturated carbocycles. The van der Waals surface area contributed by atoms with Gasteiger partial charge in [-0.15, -0.1) is 0 Å². The second-order valence-corrected chi connectivity index (χ2v) is 9.84. The first-order chi connectivity index (χ1) is 20.0. The highest BCUT2D eigenvalue weighted by atomic mass is 16.7. The van der Waals surface area contributed by atoms with Gasteiger partial charge in [0.05, 0.1) is 31.5 Å². The number of esters is 2. The molecule has 6 rings (SSSR count). The summed E-state index contributed by atoms with van der Waals surface area (Å²) in [5.41, 5.74) is 5.02. The number of fused-ring (bicyclic) bond motifs is 3. The van der Waals surface area contributed by atoms with Crippen LogP contribution in [0.25, 0.3) is 11.1 Å². The van der Waals surface area contributed by atoms with Crippen molar-refractivity contribution >= 4 is 11.9 Å². The number of methoxy groups -OCH3 is 1. The van der Waals surface area contributed by atoms with Crippen LogP contribution in [0.4, 0.5) is 0 Å². The molecule has 8 heteroatoms. The molecule has 0 aromatic heterocycles. The van der Waals surface area contributed by atoms with Crippen LogP contribution in [0, 0.1) is 0 Å². The molecule has 4 aromatic carbocycles. The average Bonchev–Trinajstić information content (AvgIpc) is 3.79. The molecule has 0 bridgehead atoms. The Morgan fingerprint density at radius 2 is 1.22 bits per heavy atom. The van der Waals surface area contributed by atoms with Crippen molar-refractivity contribution in [2.24, 2.45) is 0 Å². The summed E-state index contributed by atoms with van der Waals surface area (Å²) in [5.74, 6) is 1.29. The summed E-state index contributed by atoms with van der Waals surface area (Å²) in [6, 6.07) is 24.7. The molecule has 2 unspecified atom stereocenters. The number of ether oxygens (including phenoxy) is 6. The van der Waals surface area contributed by atoms with E-state index in [0.717, 1.165) is 28.9 Å². The summed E-state index contributed by atoms with van der Waals surface area (Å²) in [5, 5.41) is 0. The predicted octanol–water partition coefficient (Wildman–Crippen LogP) is 6.02. The van der Waals surface area contributed by atoms with Crippen LogP contribution in [0.15, 0.2) is 84.9 Å². The molecule has 8 nitrogen and oxygen atoms in total. The van der Waals surface area contributed by atoms with Crippen LogP contribution in [0.2, 0.25) is 0 Å². The van der Waals surface area contributed by atoms with Crippen molar-refractivity contribution in [3.05, 3.63) is 107 Å². The molecule has 4 aromatic rings. The zero-order chi connectivity index (χ0) is 28.3. The van der Waals surface area contributed by atoms with E-state index in [2.05, 4.69) is 6.92 Å². The van der Waals surface area contributed by atoms with Gasteiger partial charge in [0.25, 0.3) is 0 Å². The minimum atomic E-state index is -0.463. The maximum Gasteiger partial charge on any atom is 0.343 e. The molecule has 1 saturated heterocycles. The molecule has 2 atom stereocenters. The van der Waals surface area contributed by atoms with Gasteiger partial charge < -0.3 is 28.4 Å². The van der Waals surface area contributed by atoms with Crippen LogP contribution in [0.5, 0.6) is 23.0 Å². The minimum absolute atomic E-state index is 0.0171. The standard InChI is InChI=1S/C33H28O8/c1-20-30-15-25(40-32(34)21-3-7-23(36-2)8-4-21)11-13-28(30)29-14-12-26(16-31(20)29)41-33(35)22-5-9-24(10-6-22)39-19-37-17-27-18-38-27/h3-16,20,27H,17-19H2,1-2H3. The van der Waals surface area contributed by atoms with Crippen molar-refractivity contribution in [1.29, 1.82) is 0 Å². The van der Waals surface area contributed by atoms with Gasteiger partial charge in [-0.1, -0.05) is 19.1 Å². The zero-order valence-corrected chi connectivity index (χ0v) is 22.6. The molecule has 0 radical (unpaired) electrons. The highest BCUT2D eigenvalue weighted by molar-refractivity contribution is 5.92. The van der Waals surface area contributed by atoms with E-state index in [1.807, 2.05) is 24.3 Å². The van der Waals surface area contributed by atoms with E-state index in [-0.39, 0.29) is 18.8 Å². The molecule has 41 heavy (non-hydrogen) atoms. The molecule has 208 valence electrons. The van der Waals surface area contributed by atoms with Gasteiger partial charge in [0.15, 0.2) is 6.79 Å². The summed E-state index contributed by atoms with van der Waals surface area (Å²) < 4.78 is 32.5. The summed E-state index contributed by atoms with van der Waals surface area (Å²) >= 11 is 0. The quantitative estimate of drug-likeness (QED) is 0.0776. The molecule has 1 aliphatic heterocycles. The Morgan fingerprint density at radius 1 is 0.732 bits per heavy atom. The lowest BCUT2D eigenvalue weighted by Gasteiger charge is -2.10. The maximum absolute atomic E-state index is 12.8. The second kappa shape index (κ2) is 11.4. The van der Waals surface area contributed by atoms with Crippen LogP contribution in [0.1, 0.15) is 44.7 Å². The maximum atomic E-state index is 12.8. The zero-order valence-electron chi connectivity index (χ0n) is 22.6. The minimum Gasteiger partial charge on any atom is -0.497 e. The van der Waals surface area contributed by atoms with Gasteiger partial charge in [0, 0.05) is 5.92 Å². The lowest BCUT2D eigenvalue weighted by Crippen LogP contribution is -2.10. The van der Waals surface area contributed by atoms with Crippen LogP contribution >= 0.6 is 0 Å². The molecule has 0 spiro atoms. The molecule has 0 amide bonds. The normalized spacial score (nSPS) is 16.3. The molecule has 1 aliphatic carbocycles. The molecule has 0 N–H and O–H groups in total. The number of rotatable bonds is 10. The number of carbonyl (C=O) groups is 2. The molecule has 1 heterocycles. The Kier molecular flexibility index (Phi) is 7.41. The number of carbonyl (C=O) groups excluding carboxylic acids is 2. The van der Waals surface area contributed by atoms with E-state index < -0.39 is 11.9 Å². The van der Waals surface area contributed by atoms with Crippen LogP contribution < -0.4 is 18.9 Å². The van der Waals surface area contributed by atoms with Crippen molar-refractivity contribution in [1.82, 2.24) is 0 Å². The molecule has 2 aliphatic rings. The summed E-state index contributed by atoms with van der Waals surface area (Å²) in [6.07, 6.45) is 0.181. The Morgan fingerprint density at radius 3 is 1.71 bits per heavy atom. The van der Waals surface area contributed by atoms with E-state index in [0.29, 0.717) is 40.7 Å². The first-order valence-electron chi connectivity index (χ1n) is 13.3. The fourth-order valence-corrected chi connectivity index (χ4v) is 4.78. The second-order valence-electron chi connectivity index (χ2n) is 9.84. The predicted molar refractivity (Wildman–Crippen MR) is 150 cm³/mol. The van der Waals surface area contributed by atoms with Crippen molar-refractivity contribution in [3.8, 4) is 34.1 Å². The topological polar surface area (TPSA) is 92.8 Å². The first-order valence-corrected chi connectivity index (χ1v) is 13.3. The van der Waals surface area contributed by atoms with E-state index in [4.69, 9.17) is 28.4 Å². The Labute approximate surface area is 237 Å². The highest BCUT2D eigenvalue weighted by Gasteiger charge is 2.27. The lowest BCUT2D eigenvalue weighted by atomic mass is 9.99. The molecule has 1 fully saturated rings. The van der Waals surface area contributed by atoms with E-state index in [1.165, 1.54) is 0 Å². The Hall–Kier alpha value is -4.66. The van der Waals surface area contributed by atoms with Gasteiger partial charge in [-0.05, 0) is 95.1 Å². The number of epoxide rings is 1. The smallest absolute Gasteiger partial charge is 0.343 e. The monoisotopic (exact) mass is 552 g/mol. The summed E-state index contributed by atoms with van der Waals surface area (Å²) in [6.45, 7) is 3.43. The van der Waals surface area contributed by atoms with Gasteiger partial charge in [0.2, 0.25) is 0 Å². The van der Waals surface area contributed by atoms with Crippen LogP contribution in [0.3, 0.4) is 0 Å².